The van der Waals surface area contributed by atoms with Crippen molar-refractivity contribution in [1.29, 1.82) is 0 Å². The summed E-state index contributed by atoms with van der Waals surface area (Å²) in [7, 11) is 0. The molecule has 12 heavy (non-hydrogen) atoms. The van der Waals surface area contributed by atoms with Gasteiger partial charge in [0.05, 0.1) is 11.5 Å². The summed E-state index contributed by atoms with van der Waals surface area (Å²) in [5.41, 5.74) is 0.909. The fourth-order valence-electron chi connectivity index (χ4n) is 1.20. The van der Waals surface area contributed by atoms with Gasteiger partial charge in [-0.25, -0.2) is 0 Å². The highest BCUT2D eigenvalue weighted by Crippen LogP contribution is 2.41. The van der Waals surface area contributed by atoms with Crippen LogP contribution in [0.1, 0.15) is 5.56 Å². The van der Waals surface area contributed by atoms with Crippen LogP contribution in [0.5, 0.6) is 11.5 Å². The lowest BCUT2D eigenvalue weighted by Crippen LogP contribution is -2.06. The summed E-state index contributed by atoms with van der Waals surface area (Å²) >= 11 is 1.65. The quantitative estimate of drug-likeness (QED) is 0.667. The van der Waals surface area contributed by atoms with E-state index < -0.39 is 0 Å². The minimum absolute atomic E-state index is 0.372. The van der Waals surface area contributed by atoms with E-state index in [9.17, 15) is 5.11 Å². The first-order valence-electron chi connectivity index (χ1n) is 3.87. The number of aromatic hydroxyl groups is 1. The predicted octanol–water partition coefficient (Wildman–Crippen LogP) is 2.19. The van der Waals surface area contributed by atoms with Crippen LogP contribution in [-0.4, -0.2) is 17.5 Å². The number of phenolic OH excluding ortho intramolecular Hbond substituents is 1. The van der Waals surface area contributed by atoms with E-state index in [1.54, 1.807) is 11.8 Å². The standard InChI is InChI=1S/C9H10O2S/c1-6-2-3-7-9(8(6)10)12-5-4-11-7/h2-3,10H,4-5H2,1H3. The molecule has 1 aromatic rings. The summed E-state index contributed by atoms with van der Waals surface area (Å²) in [6, 6.07) is 3.79. The highest BCUT2D eigenvalue weighted by molar-refractivity contribution is 7.99. The molecule has 2 nitrogen and oxygen atoms in total. The number of hydrogen-bond acceptors (Lipinski definition) is 3. The molecule has 1 aliphatic rings. The SMILES string of the molecule is Cc1ccc2c(c1O)SCCO2. The normalized spacial score (nSPS) is 15.1. The van der Waals surface area contributed by atoms with Crippen molar-refractivity contribution in [3.63, 3.8) is 0 Å². The van der Waals surface area contributed by atoms with Gasteiger partial charge in [-0.05, 0) is 18.6 Å². The second-order valence-corrected chi connectivity index (χ2v) is 3.86. The number of benzene rings is 1. The molecule has 0 saturated heterocycles. The molecule has 1 N–H and O–H groups in total. The summed E-state index contributed by atoms with van der Waals surface area (Å²) < 4.78 is 5.38. The number of thioether (sulfide) groups is 1. The van der Waals surface area contributed by atoms with Gasteiger partial charge in [0.2, 0.25) is 0 Å². The Labute approximate surface area is 75.6 Å². The molecule has 0 saturated carbocycles. The molecule has 1 aromatic carbocycles. The zero-order valence-electron chi connectivity index (χ0n) is 6.83. The fraction of sp³-hybridized carbons (Fsp3) is 0.333. The van der Waals surface area contributed by atoms with Crippen molar-refractivity contribution in [3.05, 3.63) is 17.7 Å². The molecule has 2 rings (SSSR count). The number of rotatable bonds is 0. The van der Waals surface area contributed by atoms with Gasteiger partial charge in [-0.3, -0.25) is 0 Å². The monoisotopic (exact) mass is 182 g/mol. The highest BCUT2D eigenvalue weighted by atomic mass is 32.2. The second kappa shape index (κ2) is 2.90. The summed E-state index contributed by atoms with van der Waals surface area (Å²) in [6.07, 6.45) is 0. The maximum Gasteiger partial charge on any atom is 0.136 e. The van der Waals surface area contributed by atoms with Crippen molar-refractivity contribution < 1.29 is 9.84 Å². The van der Waals surface area contributed by atoms with Crippen molar-refractivity contribution in [2.45, 2.75) is 11.8 Å². The Hall–Kier alpha value is -0.830. The first-order chi connectivity index (χ1) is 5.79. The van der Waals surface area contributed by atoms with E-state index in [-0.39, 0.29) is 0 Å². The van der Waals surface area contributed by atoms with Gasteiger partial charge in [-0.15, -0.1) is 11.8 Å². The van der Waals surface area contributed by atoms with Crippen LogP contribution in [0.2, 0.25) is 0 Å². The fourth-order valence-corrected chi connectivity index (χ4v) is 2.14. The minimum atomic E-state index is 0.372. The molecule has 0 fully saturated rings. The van der Waals surface area contributed by atoms with E-state index in [0.29, 0.717) is 5.75 Å². The van der Waals surface area contributed by atoms with Crippen LogP contribution < -0.4 is 4.74 Å². The predicted molar refractivity (Wildman–Crippen MR) is 49.1 cm³/mol. The van der Waals surface area contributed by atoms with E-state index in [4.69, 9.17) is 4.74 Å². The molecule has 0 bridgehead atoms. The van der Waals surface area contributed by atoms with E-state index in [1.165, 1.54) is 0 Å². The summed E-state index contributed by atoms with van der Waals surface area (Å²) in [5, 5.41) is 9.64. The van der Waals surface area contributed by atoms with Gasteiger partial charge >= 0.3 is 0 Å². The van der Waals surface area contributed by atoms with Crippen molar-refractivity contribution in [3.8, 4) is 11.5 Å². The van der Waals surface area contributed by atoms with Crippen LogP contribution in [0.3, 0.4) is 0 Å². The van der Waals surface area contributed by atoms with E-state index in [2.05, 4.69) is 0 Å². The third kappa shape index (κ3) is 1.14. The molecule has 0 amide bonds. The van der Waals surface area contributed by atoms with Gasteiger partial charge in [0.15, 0.2) is 0 Å². The van der Waals surface area contributed by atoms with Crippen molar-refractivity contribution in [1.82, 2.24) is 0 Å². The zero-order valence-corrected chi connectivity index (χ0v) is 7.65. The van der Waals surface area contributed by atoms with Gasteiger partial charge in [0, 0.05) is 5.75 Å². The Kier molecular flexibility index (Phi) is 1.89. The van der Waals surface area contributed by atoms with Gasteiger partial charge in [0.1, 0.15) is 11.5 Å². The average Bonchev–Trinajstić information content (AvgIpc) is 2.12. The largest absolute Gasteiger partial charge is 0.506 e. The van der Waals surface area contributed by atoms with Gasteiger partial charge < -0.3 is 9.84 Å². The lowest BCUT2D eigenvalue weighted by Gasteiger charge is -2.18. The van der Waals surface area contributed by atoms with Gasteiger partial charge in [-0.2, -0.15) is 0 Å². The van der Waals surface area contributed by atoms with Crippen LogP contribution in [0, 0.1) is 6.92 Å². The minimum Gasteiger partial charge on any atom is -0.506 e. The van der Waals surface area contributed by atoms with Crippen LogP contribution in [0.15, 0.2) is 17.0 Å². The number of aryl methyl sites for hydroxylation is 1. The smallest absolute Gasteiger partial charge is 0.136 e. The molecule has 1 aliphatic heterocycles. The lowest BCUT2D eigenvalue weighted by molar-refractivity contribution is 0.323. The Morgan fingerprint density at radius 2 is 2.33 bits per heavy atom. The molecule has 0 spiro atoms. The Balaban J connectivity index is 2.54. The van der Waals surface area contributed by atoms with Crippen LogP contribution in [-0.2, 0) is 0 Å². The molecule has 0 aromatic heterocycles. The number of phenols is 1. The summed E-state index contributed by atoms with van der Waals surface area (Å²) in [5.74, 6) is 2.11. The molecule has 0 radical (unpaired) electrons. The van der Waals surface area contributed by atoms with Gasteiger partial charge in [-0.1, -0.05) is 6.07 Å². The average molecular weight is 182 g/mol. The van der Waals surface area contributed by atoms with Crippen LogP contribution in [0.4, 0.5) is 0 Å². The van der Waals surface area contributed by atoms with Gasteiger partial charge in [0.25, 0.3) is 0 Å². The molecule has 0 aliphatic carbocycles. The third-order valence-electron chi connectivity index (χ3n) is 1.88. The molecular formula is C9H10O2S. The van der Waals surface area contributed by atoms with E-state index in [0.717, 1.165) is 28.6 Å². The Morgan fingerprint density at radius 3 is 3.17 bits per heavy atom. The van der Waals surface area contributed by atoms with Crippen molar-refractivity contribution in [2.75, 3.05) is 12.4 Å². The summed E-state index contributed by atoms with van der Waals surface area (Å²) in [6.45, 7) is 2.63. The number of hydrogen-bond donors (Lipinski definition) is 1. The van der Waals surface area contributed by atoms with Crippen molar-refractivity contribution >= 4 is 11.8 Å². The second-order valence-electron chi connectivity index (χ2n) is 2.76. The third-order valence-corrected chi connectivity index (χ3v) is 2.94. The zero-order chi connectivity index (χ0) is 8.55. The number of ether oxygens (including phenoxy) is 1. The molecule has 3 heteroatoms. The summed E-state index contributed by atoms with van der Waals surface area (Å²) in [4.78, 5) is 0.890. The molecule has 64 valence electrons. The van der Waals surface area contributed by atoms with Crippen molar-refractivity contribution in [2.24, 2.45) is 0 Å². The molecule has 1 heterocycles. The first-order valence-corrected chi connectivity index (χ1v) is 4.86. The van der Waals surface area contributed by atoms with Crippen LogP contribution in [0.25, 0.3) is 0 Å². The maximum atomic E-state index is 9.64. The number of fused-ring (bicyclic) bond motifs is 1. The molecular weight excluding hydrogens is 172 g/mol. The molecule has 0 unspecified atom stereocenters. The molecule has 0 atom stereocenters. The highest BCUT2D eigenvalue weighted by Gasteiger charge is 2.15. The maximum absolute atomic E-state index is 9.64. The first kappa shape index (κ1) is 7.80. The van der Waals surface area contributed by atoms with Crippen LogP contribution >= 0.6 is 11.8 Å². The topological polar surface area (TPSA) is 29.5 Å². The van der Waals surface area contributed by atoms with E-state index >= 15 is 0 Å². The lowest BCUT2D eigenvalue weighted by atomic mass is 10.2. The Bertz CT molecular complexity index is 310. The van der Waals surface area contributed by atoms with E-state index in [1.807, 2.05) is 19.1 Å². The Morgan fingerprint density at radius 1 is 1.50 bits per heavy atom.